The monoisotopic (exact) mass is 252 g/mol. The fourth-order valence-corrected chi connectivity index (χ4v) is 1.27. The van der Waals surface area contributed by atoms with Crippen LogP contribution >= 0.6 is 0 Å². The smallest absolute Gasteiger partial charge is 0.396 e. The van der Waals surface area contributed by atoms with Crippen molar-refractivity contribution in [1.82, 2.24) is 0 Å². The molecule has 0 aromatic heterocycles. The maximum absolute atomic E-state index is 12.7. The lowest BCUT2D eigenvalue weighted by atomic mass is 10.1. The number of rotatable bonds is 7. The molecule has 3 nitrogen and oxygen atoms in total. The van der Waals surface area contributed by atoms with E-state index in [0.717, 1.165) is 0 Å². The van der Waals surface area contributed by atoms with Gasteiger partial charge in [-0.1, -0.05) is 6.42 Å². The van der Waals surface area contributed by atoms with Crippen LogP contribution in [0.15, 0.2) is 0 Å². The summed E-state index contributed by atoms with van der Waals surface area (Å²) in [6.07, 6.45) is -1.00. The molecule has 2 N–H and O–H groups in total. The number of aliphatic hydroxyl groups is 1. The Kier molecular flexibility index (Phi) is 5.68. The molecule has 0 saturated heterocycles. The first-order chi connectivity index (χ1) is 6.75. The van der Waals surface area contributed by atoms with Crippen molar-refractivity contribution in [3.63, 3.8) is 0 Å². The molecule has 1 unspecified atom stereocenters. The highest BCUT2D eigenvalue weighted by molar-refractivity contribution is 7.80. The lowest BCUT2D eigenvalue weighted by Crippen LogP contribution is -2.43. The van der Waals surface area contributed by atoms with Crippen molar-refractivity contribution in [2.45, 2.75) is 36.9 Å². The topological polar surface area (TPSA) is 57.5 Å². The van der Waals surface area contributed by atoms with E-state index < -0.39 is 28.7 Å². The molecule has 8 heteroatoms. The summed E-state index contributed by atoms with van der Waals surface area (Å²) < 4.78 is 68.4. The third-order valence-electron chi connectivity index (χ3n) is 1.79. The summed E-state index contributed by atoms with van der Waals surface area (Å²) in [7, 11) is 0. The van der Waals surface area contributed by atoms with Crippen molar-refractivity contribution < 1.29 is 31.4 Å². The van der Waals surface area contributed by atoms with Gasteiger partial charge in [0.1, 0.15) is 0 Å². The second-order valence-electron chi connectivity index (χ2n) is 3.00. The minimum atomic E-state index is -4.92. The largest absolute Gasteiger partial charge is 0.406 e. The van der Waals surface area contributed by atoms with Gasteiger partial charge in [0.2, 0.25) is 11.1 Å². The van der Waals surface area contributed by atoms with Crippen molar-refractivity contribution in [1.29, 1.82) is 0 Å². The van der Waals surface area contributed by atoms with Gasteiger partial charge >= 0.3 is 11.2 Å². The second-order valence-corrected chi connectivity index (χ2v) is 4.02. The summed E-state index contributed by atoms with van der Waals surface area (Å²) in [5.74, 6) is -4.50. The van der Waals surface area contributed by atoms with E-state index in [0.29, 0.717) is 0 Å². The number of halogens is 4. The Morgan fingerprint density at radius 2 is 1.60 bits per heavy atom. The van der Waals surface area contributed by atoms with Crippen LogP contribution in [0.25, 0.3) is 0 Å². The molecular formula is C7H12F4O3S. The number of hydrogen-bond acceptors (Lipinski definition) is 2. The van der Waals surface area contributed by atoms with Crippen molar-refractivity contribution in [2.24, 2.45) is 0 Å². The van der Waals surface area contributed by atoms with E-state index in [1.165, 1.54) is 0 Å². The van der Waals surface area contributed by atoms with E-state index in [-0.39, 0.29) is 25.9 Å². The molecule has 0 amide bonds. The summed E-state index contributed by atoms with van der Waals surface area (Å²) in [4.78, 5) is 0. The predicted molar refractivity (Wildman–Crippen MR) is 46.2 cm³/mol. The fraction of sp³-hybridized carbons (Fsp3) is 1.00. The summed E-state index contributed by atoms with van der Waals surface area (Å²) >= 11 is -3.89. The van der Waals surface area contributed by atoms with Crippen molar-refractivity contribution >= 4 is 11.1 Å². The maximum atomic E-state index is 12.7. The van der Waals surface area contributed by atoms with E-state index in [9.17, 15) is 21.8 Å². The Labute approximate surface area is 86.8 Å². The standard InChI is InChI=1S/C7H12F4O3S/c8-6(9,4-2-1-3-5-12)7(10,11)15(13)14/h12H,1-5H2,(H,13,14). The predicted octanol–water partition coefficient (Wildman–Crippen LogP) is 1.99. The van der Waals surface area contributed by atoms with E-state index in [4.69, 9.17) is 9.66 Å². The molecule has 1 atom stereocenters. The van der Waals surface area contributed by atoms with Crippen molar-refractivity contribution in [3.8, 4) is 0 Å². The van der Waals surface area contributed by atoms with Gasteiger partial charge in [-0.2, -0.15) is 17.6 Å². The summed E-state index contributed by atoms with van der Waals surface area (Å²) in [5, 5.41) is 3.40. The number of hydrogen-bond donors (Lipinski definition) is 2. The van der Waals surface area contributed by atoms with Crippen LogP contribution in [-0.2, 0) is 11.1 Å². The third-order valence-corrected chi connectivity index (χ3v) is 2.53. The zero-order valence-electron chi connectivity index (χ0n) is 7.76. The van der Waals surface area contributed by atoms with Gasteiger partial charge in [-0.25, -0.2) is 4.21 Å². The first-order valence-electron chi connectivity index (χ1n) is 4.23. The summed E-state index contributed by atoms with van der Waals surface area (Å²) in [6.45, 7) is -0.201. The Balaban J connectivity index is 4.22. The van der Waals surface area contributed by atoms with Gasteiger partial charge in [0, 0.05) is 13.0 Å². The van der Waals surface area contributed by atoms with Gasteiger partial charge < -0.3 is 9.66 Å². The van der Waals surface area contributed by atoms with Crippen LogP contribution in [0, 0.1) is 0 Å². The van der Waals surface area contributed by atoms with Crippen LogP contribution in [0.3, 0.4) is 0 Å². The number of alkyl halides is 4. The molecule has 0 aliphatic carbocycles. The fourth-order valence-electron chi connectivity index (χ4n) is 0.909. The molecule has 15 heavy (non-hydrogen) atoms. The molecule has 0 fully saturated rings. The highest BCUT2D eigenvalue weighted by atomic mass is 32.2. The normalized spacial score (nSPS) is 15.3. The molecule has 0 rings (SSSR count). The highest BCUT2D eigenvalue weighted by Gasteiger charge is 2.60. The minimum absolute atomic E-state index is 0.167. The van der Waals surface area contributed by atoms with Crippen LogP contribution in [0.1, 0.15) is 25.7 Å². The lowest BCUT2D eigenvalue weighted by molar-refractivity contribution is -0.162. The quantitative estimate of drug-likeness (QED) is 0.414. The molecule has 0 aliphatic rings. The Morgan fingerprint density at radius 1 is 1.07 bits per heavy atom. The number of aliphatic hydroxyl groups excluding tert-OH is 1. The Bertz CT molecular complexity index is 222. The molecule has 0 radical (unpaired) electrons. The van der Waals surface area contributed by atoms with Crippen LogP contribution in [0.5, 0.6) is 0 Å². The second kappa shape index (κ2) is 5.76. The first kappa shape index (κ1) is 14.8. The van der Waals surface area contributed by atoms with Gasteiger partial charge in [-0.3, -0.25) is 0 Å². The van der Waals surface area contributed by atoms with Crippen LogP contribution in [0.2, 0.25) is 0 Å². The van der Waals surface area contributed by atoms with Gasteiger partial charge in [-0.15, -0.1) is 0 Å². The van der Waals surface area contributed by atoms with Gasteiger partial charge in [-0.05, 0) is 12.8 Å². The zero-order chi connectivity index (χ0) is 12.1. The molecule has 0 aromatic carbocycles. The maximum Gasteiger partial charge on any atom is 0.406 e. The van der Waals surface area contributed by atoms with Crippen LogP contribution in [-0.4, -0.2) is 31.7 Å². The first-order valence-corrected chi connectivity index (χ1v) is 5.34. The molecule has 0 aliphatic heterocycles. The van der Waals surface area contributed by atoms with E-state index >= 15 is 0 Å². The SMILES string of the molecule is O=S(O)C(F)(F)C(F)(F)CCCCCO. The highest BCUT2D eigenvalue weighted by Crippen LogP contribution is 2.40. The molecule has 0 spiro atoms. The minimum Gasteiger partial charge on any atom is -0.396 e. The van der Waals surface area contributed by atoms with E-state index in [1.54, 1.807) is 0 Å². The zero-order valence-corrected chi connectivity index (χ0v) is 8.57. The Hall–Kier alpha value is -0.210. The third kappa shape index (κ3) is 4.04. The lowest BCUT2D eigenvalue weighted by Gasteiger charge is -2.23. The Morgan fingerprint density at radius 3 is 2.00 bits per heavy atom. The van der Waals surface area contributed by atoms with Crippen molar-refractivity contribution in [3.05, 3.63) is 0 Å². The molecule has 0 bridgehead atoms. The average molecular weight is 252 g/mol. The van der Waals surface area contributed by atoms with Gasteiger partial charge in [0.15, 0.2) is 0 Å². The average Bonchev–Trinajstić information content (AvgIpc) is 2.12. The van der Waals surface area contributed by atoms with Crippen LogP contribution in [0.4, 0.5) is 17.6 Å². The van der Waals surface area contributed by atoms with E-state index in [1.807, 2.05) is 0 Å². The van der Waals surface area contributed by atoms with Crippen LogP contribution < -0.4 is 0 Å². The number of unbranched alkanes of at least 4 members (excludes halogenated alkanes) is 2. The molecule has 0 aromatic rings. The molecule has 92 valence electrons. The molecule has 0 heterocycles. The van der Waals surface area contributed by atoms with Gasteiger partial charge in [0.25, 0.3) is 0 Å². The molecule has 0 saturated carbocycles. The molecular weight excluding hydrogens is 240 g/mol. The summed E-state index contributed by atoms with van der Waals surface area (Å²) in [6, 6.07) is 0. The van der Waals surface area contributed by atoms with Crippen molar-refractivity contribution in [2.75, 3.05) is 6.61 Å². The van der Waals surface area contributed by atoms with E-state index in [2.05, 4.69) is 0 Å². The van der Waals surface area contributed by atoms with Gasteiger partial charge in [0.05, 0.1) is 0 Å². The summed E-state index contributed by atoms with van der Waals surface area (Å²) in [5.41, 5.74) is 0.